The van der Waals surface area contributed by atoms with Crippen LogP contribution in [0, 0.1) is 5.92 Å². The van der Waals surface area contributed by atoms with Crippen molar-refractivity contribution >= 4 is 21.9 Å². The van der Waals surface area contributed by atoms with E-state index in [1.54, 1.807) is 0 Å². The summed E-state index contributed by atoms with van der Waals surface area (Å²) in [6, 6.07) is 0. The van der Waals surface area contributed by atoms with Crippen LogP contribution in [0.25, 0.3) is 0 Å². The normalized spacial score (nSPS) is 40.2. The predicted octanol–water partition coefficient (Wildman–Crippen LogP) is 0.620. The van der Waals surface area contributed by atoms with E-state index < -0.39 is 18.0 Å². The lowest BCUT2D eigenvalue weighted by Crippen LogP contribution is -2.44. The third kappa shape index (κ3) is 2.42. The maximum Gasteiger partial charge on any atom is 0.306 e. The van der Waals surface area contributed by atoms with E-state index in [9.17, 15) is 9.90 Å². The van der Waals surface area contributed by atoms with E-state index in [4.69, 9.17) is 9.84 Å². The van der Waals surface area contributed by atoms with E-state index in [2.05, 4.69) is 15.9 Å². The van der Waals surface area contributed by atoms with Gasteiger partial charge in [0.25, 0.3) is 0 Å². The second-order valence-electron chi connectivity index (χ2n) is 3.29. The van der Waals surface area contributed by atoms with Gasteiger partial charge in [0.1, 0.15) is 0 Å². The van der Waals surface area contributed by atoms with Gasteiger partial charge in [0.05, 0.1) is 18.1 Å². The summed E-state index contributed by atoms with van der Waals surface area (Å²) in [5.74, 6) is -1.32. The van der Waals surface area contributed by atoms with Crippen LogP contribution in [0.1, 0.15) is 12.8 Å². The van der Waals surface area contributed by atoms with Crippen LogP contribution >= 0.6 is 15.9 Å². The number of carboxylic acid groups (broad SMARTS) is 1. The lowest BCUT2D eigenvalue weighted by atomic mass is 9.85. The Kier molecular flexibility index (Phi) is 3.70. The molecule has 4 atom stereocenters. The van der Waals surface area contributed by atoms with Crippen molar-refractivity contribution in [1.82, 2.24) is 0 Å². The van der Waals surface area contributed by atoms with E-state index in [-0.39, 0.29) is 17.4 Å². The minimum absolute atomic E-state index is 0.0812. The molecule has 1 aliphatic rings. The molecule has 0 aromatic heterocycles. The summed E-state index contributed by atoms with van der Waals surface area (Å²) in [6.07, 6.45) is -0.208. The molecule has 0 radical (unpaired) electrons. The minimum atomic E-state index is -0.849. The molecular formula is C8H13BrO4. The van der Waals surface area contributed by atoms with Crippen LogP contribution in [-0.2, 0) is 9.53 Å². The van der Waals surface area contributed by atoms with Crippen molar-refractivity contribution in [3.8, 4) is 0 Å². The molecule has 0 saturated heterocycles. The number of rotatable bonds is 2. The van der Waals surface area contributed by atoms with Crippen molar-refractivity contribution in [3.05, 3.63) is 0 Å². The first-order valence-electron chi connectivity index (χ1n) is 4.14. The Bertz CT molecular complexity index is 185. The Morgan fingerprint density at radius 2 is 2.15 bits per heavy atom. The smallest absolute Gasteiger partial charge is 0.306 e. The second kappa shape index (κ2) is 4.39. The number of hydrogen-bond acceptors (Lipinski definition) is 3. The van der Waals surface area contributed by atoms with Gasteiger partial charge in [-0.25, -0.2) is 0 Å². The van der Waals surface area contributed by atoms with Crippen molar-refractivity contribution in [2.75, 3.05) is 7.11 Å². The van der Waals surface area contributed by atoms with Gasteiger partial charge in [0.2, 0.25) is 0 Å². The first kappa shape index (κ1) is 10.9. The van der Waals surface area contributed by atoms with Crippen molar-refractivity contribution in [3.63, 3.8) is 0 Å². The minimum Gasteiger partial charge on any atom is -0.481 e. The van der Waals surface area contributed by atoms with Gasteiger partial charge in [0.15, 0.2) is 0 Å². The number of carbonyl (C=O) groups is 1. The van der Waals surface area contributed by atoms with Crippen molar-refractivity contribution in [2.45, 2.75) is 29.9 Å². The van der Waals surface area contributed by atoms with Gasteiger partial charge in [-0.3, -0.25) is 4.79 Å². The summed E-state index contributed by atoms with van der Waals surface area (Å²) < 4.78 is 5.05. The molecule has 4 unspecified atom stereocenters. The van der Waals surface area contributed by atoms with Gasteiger partial charge >= 0.3 is 5.97 Å². The second-order valence-corrected chi connectivity index (χ2v) is 4.47. The monoisotopic (exact) mass is 252 g/mol. The van der Waals surface area contributed by atoms with Gasteiger partial charge in [-0.2, -0.15) is 0 Å². The number of carboxylic acids is 1. The number of hydrogen-bond donors (Lipinski definition) is 2. The highest BCUT2D eigenvalue weighted by Gasteiger charge is 2.38. The zero-order chi connectivity index (χ0) is 10.0. The van der Waals surface area contributed by atoms with Gasteiger partial charge in [-0.05, 0) is 12.8 Å². The standard InChI is InChI=1S/C8H13BrO4/c1-13-7-5(9)2-4(8(11)12)3-6(7)10/h4-7,10H,2-3H2,1H3,(H,11,12). The highest BCUT2D eigenvalue weighted by Crippen LogP contribution is 2.31. The summed E-state index contributed by atoms with van der Waals surface area (Å²) >= 11 is 3.32. The van der Waals surface area contributed by atoms with Crippen LogP contribution in [0.2, 0.25) is 0 Å². The van der Waals surface area contributed by atoms with Gasteiger partial charge in [-0.1, -0.05) is 15.9 Å². The average Bonchev–Trinajstić information content (AvgIpc) is 2.03. The molecule has 0 heterocycles. The topological polar surface area (TPSA) is 66.8 Å². The number of ether oxygens (including phenoxy) is 1. The zero-order valence-corrected chi connectivity index (χ0v) is 8.90. The molecular weight excluding hydrogens is 240 g/mol. The SMILES string of the molecule is COC1C(O)CC(C(=O)O)CC1Br. The Balaban J connectivity index is 2.61. The molecule has 0 amide bonds. The maximum atomic E-state index is 10.7. The molecule has 76 valence electrons. The molecule has 13 heavy (non-hydrogen) atoms. The molecule has 5 heteroatoms. The summed E-state index contributed by atoms with van der Waals surface area (Å²) in [5.41, 5.74) is 0. The molecule has 0 bridgehead atoms. The van der Waals surface area contributed by atoms with Crippen LogP contribution in [0.15, 0.2) is 0 Å². The molecule has 1 fully saturated rings. The van der Waals surface area contributed by atoms with Crippen LogP contribution in [0.5, 0.6) is 0 Å². The van der Waals surface area contributed by atoms with E-state index >= 15 is 0 Å². The molecule has 4 nitrogen and oxygen atoms in total. The summed E-state index contributed by atoms with van der Waals surface area (Å²) in [7, 11) is 1.52. The Morgan fingerprint density at radius 3 is 2.54 bits per heavy atom. The van der Waals surface area contributed by atoms with E-state index in [0.29, 0.717) is 6.42 Å². The number of alkyl halides is 1. The quantitative estimate of drug-likeness (QED) is 0.708. The third-order valence-electron chi connectivity index (χ3n) is 2.39. The maximum absolute atomic E-state index is 10.7. The number of aliphatic carboxylic acids is 1. The summed E-state index contributed by atoms with van der Waals surface area (Å²) in [6.45, 7) is 0. The molecule has 1 rings (SSSR count). The number of methoxy groups -OCH3 is 1. The largest absolute Gasteiger partial charge is 0.481 e. The van der Waals surface area contributed by atoms with Crippen LogP contribution in [0.4, 0.5) is 0 Å². The number of halogens is 1. The van der Waals surface area contributed by atoms with E-state index in [1.807, 2.05) is 0 Å². The first-order chi connectivity index (χ1) is 6.06. The molecule has 0 spiro atoms. The molecule has 0 aromatic rings. The third-order valence-corrected chi connectivity index (χ3v) is 3.29. The van der Waals surface area contributed by atoms with Crippen LogP contribution in [0.3, 0.4) is 0 Å². The van der Waals surface area contributed by atoms with Crippen LogP contribution in [-0.4, -0.2) is 40.3 Å². The zero-order valence-electron chi connectivity index (χ0n) is 7.31. The lowest BCUT2D eigenvalue weighted by molar-refractivity contribution is -0.146. The van der Waals surface area contributed by atoms with Gasteiger partial charge in [-0.15, -0.1) is 0 Å². The van der Waals surface area contributed by atoms with Gasteiger partial charge < -0.3 is 14.9 Å². The fourth-order valence-electron chi connectivity index (χ4n) is 1.68. The summed E-state index contributed by atoms with van der Waals surface area (Å²) in [5, 5.41) is 18.3. The number of aliphatic hydroxyl groups is 1. The van der Waals surface area contributed by atoms with Crippen molar-refractivity contribution in [1.29, 1.82) is 0 Å². The fraction of sp³-hybridized carbons (Fsp3) is 0.875. The predicted molar refractivity (Wildman–Crippen MR) is 49.9 cm³/mol. The molecule has 1 aliphatic carbocycles. The molecule has 1 saturated carbocycles. The lowest BCUT2D eigenvalue weighted by Gasteiger charge is -2.34. The van der Waals surface area contributed by atoms with Crippen LogP contribution < -0.4 is 0 Å². The molecule has 2 N–H and O–H groups in total. The first-order valence-corrected chi connectivity index (χ1v) is 5.05. The Morgan fingerprint density at radius 1 is 1.54 bits per heavy atom. The van der Waals surface area contributed by atoms with Gasteiger partial charge in [0, 0.05) is 11.9 Å². The molecule has 0 aliphatic heterocycles. The fourth-order valence-corrected chi connectivity index (χ4v) is 2.69. The molecule has 0 aromatic carbocycles. The number of aliphatic hydroxyl groups excluding tert-OH is 1. The Hall–Kier alpha value is -0.130. The summed E-state index contributed by atoms with van der Waals surface area (Å²) in [4.78, 5) is 10.6. The van der Waals surface area contributed by atoms with Crippen molar-refractivity contribution < 1.29 is 19.7 Å². The average molecular weight is 253 g/mol. The van der Waals surface area contributed by atoms with E-state index in [1.165, 1.54) is 7.11 Å². The Labute approximate surface area is 85.0 Å². The highest BCUT2D eigenvalue weighted by atomic mass is 79.9. The van der Waals surface area contributed by atoms with Crippen molar-refractivity contribution in [2.24, 2.45) is 5.92 Å². The highest BCUT2D eigenvalue weighted by molar-refractivity contribution is 9.09. The van der Waals surface area contributed by atoms with E-state index in [0.717, 1.165) is 0 Å².